The van der Waals surface area contributed by atoms with Crippen LogP contribution >= 0.6 is 0 Å². The number of furan rings is 1. The molecule has 0 N–H and O–H groups in total. The lowest BCUT2D eigenvalue weighted by atomic mass is 9.95. The minimum absolute atomic E-state index is 0.841. The van der Waals surface area contributed by atoms with Crippen LogP contribution in [0.3, 0.4) is 0 Å². The first kappa shape index (κ1) is 37.2. The van der Waals surface area contributed by atoms with Gasteiger partial charge in [-0.25, -0.2) is 0 Å². The fourth-order valence-corrected chi connectivity index (χ4v) is 9.58. The fraction of sp³-hybridized carbons (Fsp3) is 0. The minimum Gasteiger partial charge on any atom is -0.456 e. The summed E-state index contributed by atoms with van der Waals surface area (Å²) in [4.78, 5) is 4.77. The number of nitrogens with zero attached hydrogens (tertiary/aromatic N) is 3. The maximum absolute atomic E-state index is 6.87. The smallest absolute Gasteiger partial charge is 0.138 e. The van der Waals surface area contributed by atoms with Crippen molar-refractivity contribution in [3.05, 3.63) is 249 Å². The van der Waals surface area contributed by atoms with Gasteiger partial charge in [0.05, 0.1) is 22.1 Å². The van der Waals surface area contributed by atoms with Crippen molar-refractivity contribution in [1.29, 1.82) is 0 Å². The zero-order chi connectivity index (χ0) is 42.4. The van der Waals surface area contributed by atoms with Crippen LogP contribution in [0.5, 0.6) is 0 Å². The van der Waals surface area contributed by atoms with Crippen LogP contribution in [0.1, 0.15) is 0 Å². The summed E-state index contributed by atoms with van der Waals surface area (Å²) in [6, 6.07) is 88.8. The highest BCUT2D eigenvalue weighted by molar-refractivity contribution is 6.28. The second-order valence-corrected chi connectivity index (χ2v) is 16.1. The Morgan fingerprint density at radius 3 is 1.52 bits per heavy atom. The number of benzene rings is 10. The predicted octanol–water partition coefficient (Wildman–Crippen LogP) is 17.0. The normalized spacial score (nSPS) is 11.4. The number of aromatic nitrogens is 1. The van der Waals surface area contributed by atoms with Crippen LogP contribution in [-0.2, 0) is 0 Å². The largest absolute Gasteiger partial charge is 0.456 e. The van der Waals surface area contributed by atoms with Crippen molar-refractivity contribution in [3.63, 3.8) is 0 Å². The summed E-state index contributed by atoms with van der Waals surface area (Å²) in [5, 5.41) is 4.54. The molecule has 0 radical (unpaired) electrons. The Morgan fingerprint density at radius 1 is 0.328 bits per heavy atom. The van der Waals surface area contributed by atoms with Gasteiger partial charge in [0.15, 0.2) is 0 Å². The van der Waals surface area contributed by atoms with E-state index in [0.29, 0.717) is 0 Å². The lowest BCUT2D eigenvalue weighted by Gasteiger charge is -2.31. The monoisotopic (exact) mass is 819 g/mol. The van der Waals surface area contributed by atoms with Gasteiger partial charge in [-0.15, -0.1) is 0 Å². The van der Waals surface area contributed by atoms with Crippen molar-refractivity contribution >= 4 is 77.9 Å². The zero-order valence-electron chi connectivity index (χ0n) is 34.9. The molecule has 4 heteroatoms. The summed E-state index contributed by atoms with van der Waals surface area (Å²) in [6.45, 7) is 0. The van der Waals surface area contributed by atoms with Gasteiger partial charge in [-0.05, 0) is 108 Å². The van der Waals surface area contributed by atoms with E-state index in [1.165, 1.54) is 10.8 Å². The number of fused-ring (bicyclic) bond motifs is 7. The standard InChI is InChI=1S/C60H41N3O/c1-6-22-42(23-7-1)50-32-16-19-35-54(50)62(46-28-12-4-13-29-46)49-39-43(38-48(40-49)61(44-24-8-2-9-25-44)45-26-10-3-11-27-45)53-41-57-59(52-34-18-21-37-56(52)64-57)60-58(53)51-33-17-20-36-55(51)63(60)47-30-14-5-15-31-47/h1-41H. The average Bonchev–Trinajstić information content (AvgIpc) is 3.92. The van der Waals surface area contributed by atoms with E-state index in [1.54, 1.807) is 0 Å². The van der Waals surface area contributed by atoms with Crippen LogP contribution in [0.2, 0.25) is 0 Å². The van der Waals surface area contributed by atoms with E-state index in [1.807, 2.05) is 0 Å². The summed E-state index contributed by atoms with van der Waals surface area (Å²) in [7, 11) is 0. The van der Waals surface area contributed by atoms with E-state index < -0.39 is 0 Å². The van der Waals surface area contributed by atoms with Gasteiger partial charge in [-0.3, -0.25) is 0 Å². The van der Waals surface area contributed by atoms with E-state index in [4.69, 9.17) is 4.42 Å². The molecule has 64 heavy (non-hydrogen) atoms. The third kappa shape index (κ3) is 6.31. The van der Waals surface area contributed by atoms with Crippen LogP contribution < -0.4 is 9.80 Å². The number of anilines is 6. The summed E-state index contributed by atoms with van der Waals surface area (Å²) >= 11 is 0. The first-order chi connectivity index (χ1) is 31.8. The van der Waals surface area contributed by atoms with Crippen molar-refractivity contribution in [2.75, 3.05) is 9.80 Å². The van der Waals surface area contributed by atoms with E-state index in [0.717, 1.165) is 95.0 Å². The Bertz CT molecular complexity index is 3560. The summed E-state index contributed by atoms with van der Waals surface area (Å²) < 4.78 is 9.30. The van der Waals surface area contributed by atoms with E-state index in [-0.39, 0.29) is 0 Å². The summed E-state index contributed by atoms with van der Waals surface area (Å²) in [5.41, 5.74) is 15.8. The second kappa shape index (κ2) is 15.7. The Labute approximate surface area is 371 Å². The molecule has 12 aromatic rings. The van der Waals surface area contributed by atoms with Crippen molar-refractivity contribution in [1.82, 2.24) is 4.57 Å². The van der Waals surface area contributed by atoms with Gasteiger partial charge in [0.2, 0.25) is 0 Å². The van der Waals surface area contributed by atoms with E-state index in [2.05, 4.69) is 263 Å². The maximum Gasteiger partial charge on any atom is 0.138 e. The molecule has 0 bridgehead atoms. The first-order valence-corrected chi connectivity index (χ1v) is 21.8. The molecule has 0 saturated heterocycles. The van der Waals surface area contributed by atoms with Gasteiger partial charge >= 0.3 is 0 Å². The molecular weight excluding hydrogens is 779 g/mol. The zero-order valence-corrected chi connectivity index (χ0v) is 34.9. The van der Waals surface area contributed by atoms with Gasteiger partial charge in [0.25, 0.3) is 0 Å². The molecule has 0 aliphatic carbocycles. The molecular formula is C60H41N3O. The number of rotatable bonds is 9. The second-order valence-electron chi connectivity index (χ2n) is 16.1. The molecule has 302 valence electrons. The van der Waals surface area contributed by atoms with E-state index in [9.17, 15) is 0 Å². The van der Waals surface area contributed by atoms with Crippen LogP contribution in [0.25, 0.3) is 71.7 Å². The lowest BCUT2D eigenvalue weighted by Crippen LogP contribution is -2.14. The quantitative estimate of drug-likeness (QED) is 0.145. The highest BCUT2D eigenvalue weighted by atomic mass is 16.3. The molecule has 12 rings (SSSR count). The number of hydrogen-bond donors (Lipinski definition) is 0. The SMILES string of the molecule is c1ccc(-c2ccccc2N(c2ccccc2)c2cc(-c3cc4oc5ccccc5c4c4c3c3ccccc3n4-c3ccccc3)cc(N(c3ccccc3)c3ccccc3)c2)cc1. The van der Waals surface area contributed by atoms with Crippen LogP contribution in [0.15, 0.2) is 253 Å². The van der Waals surface area contributed by atoms with Gasteiger partial charge in [-0.1, -0.05) is 158 Å². The van der Waals surface area contributed by atoms with Crippen molar-refractivity contribution in [2.45, 2.75) is 0 Å². The highest BCUT2D eigenvalue weighted by Gasteiger charge is 2.26. The molecule has 0 aliphatic heterocycles. The van der Waals surface area contributed by atoms with Gasteiger partial charge in [0.1, 0.15) is 11.2 Å². The molecule has 4 nitrogen and oxygen atoms in total. The Hall–Kier alpha value is -8.60. The molecule has 0 aliphatic rings. The number of para-hydroxylation sites is 7. The summed E-state index contributed by atoms with van der Waals surface area (Å²) in [6.07, 6.45) is 0. The molecule has 0 atom stereocenters. The van der Waals surface area contributed by atoms with Crippen LogP contribution in [0.4, 0.5) is 34.1 Å². The summed E-state index contributed by atoms with van der Waals surface area (Å²) in [5.74, 6) is 0. The molecule has 0 amide bonds. The minimum atomic E-state index is 0.841. The topological polar surface area (TPSA) is 24.6 Å². The Kier molecular flexibility index (Phi) is 9.12. The lowest BCUT2D eigenvalue weighted by molar-refractivity contribution is 0.669. The van der Waals surface area contributed by atoms with Crippen LogP contribution in [-0.4, -0.2) is 4.57 Å². The molecule has 0 fully saturated rings. The third-order valence-electron chi connectivity index (χ3n) is 12.3. The van der Waals surface area contributed by atoms with E-state index >= 15 is 0 Å². The van der Waals surface area contributed by atoms with Gasteiger partial charge in [0, 0.05) is 55.8 Å². The van der Waals surface area contributed by atoms with Gasteiger partial charge < -0.3 is 18.8 Å². The van der Waals surface area contributed by atoms with Crippen molar-refractivity contribution < 1.29 is 4.42 Å². The molecule has 0 unspecified atom stereocenters. The molecule has 10 aromatic carbocycles. The maximum atomic E-state index is 6.87. The fourth-order valence-electron chi connectivity index (χ4n) is 9.58. The molecule has 2 heterocycles. The average molecular weight is 820 g/mol. The molecule has 0 spiro atoms. The van der Waals surface area contributed by atoms with Crippen LogP contribution in [0, 0.1) is 0 Å². The third-order valence-corrected chi connectivity index (χ3v) is 12.3. The number of hydrogen-bond acceptors (Lipinski definition) is 3. The Morgan fingerprint density at radius 2 is 0.844 bits per heavy atom. The first-order valence-electron chi connectivity index (χ1n) is 21.8. The molecule has 2 aromatic heterocycles. The predicted molar refractivity (Wildman–Crippen MR) is 268 cm³/mol. The van der Waals surface area contributed by atoms with Crippen molar-refractivity contribution in [2.24, 2.45) is 0 Å². The van der Waals surface area contributed by atoms with Crippen molar-refractivity contribution in [3.8, 4) is 27.9 Å². The Balaban J connectivity index is 1.23. The molecule has 0 saturated carbocycles. The van der Waals surface area contributed by atoms with Gasteiger partial charge in [-0.2, -0.15) is 0 Å². The highest BCUT2D eigenvalue weighted by Crippen LogP contribution is 2.50.